The molecule has 17 heavy (non-hydrogen) atoms. The van der Waals surface area contributed by atoms with Crippen LogP contribution in [0.1, 0.15) is 44.9 Å². The molecular formula is C9H17N6O2-. The molecule has 96 valence electrons. The number of aliphatic carboxylic acids is 1. The summed E-state index contributed by atoms with van der Waals surface area (Å²) in [5.74, 6) is -0.714. The van der Waals surface area contributed by atoms with E-state index in [1.54, 1.807) is 0 Å². The van der Waals surface area contributed by atoms with E-state index < -0.39 is 5.97 Å². The van der Waals surface area contributed by atoms with Crippen molar-refractivity contribution in [2.24, 2.45) is 5.11 Å². The number of rotatable bonds is 9. The van der Waals surface area contributed by atoms with Gasteiger partial charge in [0.2, 0.25) is 0 Å². The van der Waals surface area contributed by atoms with Crippen molar-refractivity contribution in [3.05, 3.63) is 26.4 Å². The van der Waals surface area contributed by atoms with E-state index in [1.807, 2.05) is 0 Å². The summed E-state index contributed by atoms with van der Waals surface area (Å²) in [6, 6.07) is 0. The quantitative estimate of drug-likeness (QED) is 0.281. The summed E-state index contributed by atoms with van der Waals surface area (Å²) in [5, 5.41) is 11.8. The van der Waals surface area contributed by atoms with Crippen molar-refractivity contribution < 1.29 is 9.90 Å². The highest BCUT2D eigenvalue weighted by Gasteiger charge is 1.95. The van der Waals surface area contributed by atoms with Crippen LogP contribution in [0, 0.1) is 0 Å². The molecule has 0 aliphatic rings. The third kappa shape index (κ3) is 24.9. The monoisotopic (exact) mass is 241 g/mol. The number of carboxylic acids is 1. The van der Waals surface area contributed by atoms with Crippen molar-refractivity contribution in [2.75, 3.05) is 6.54 Å². The molecule has 0 aromatic heterocycles. The van der Waals surface area contributed by atoms with Crippen LogP contribution in [0.5, 0.6) is 0 Å². The van der Waals surface area contributed by atoms with Crippen LogP contribution in [-0.4, -0.2) is 17.6 Å². The van der Waals surface area contributed by atoms with Gasteiger partial charge in [-0.25, -0.2) is 0 Å². The van der Waals surface area contributed by atoms with Crippen LogP contribution in [0.25, 0.3) is 26.4 Å². The first-order chi connectivity index (χ1) is 8.18. The fraction of sp³-hybridized carbons (Fsp3) is 0.889. The molecular weight excluding hydrogens is 224 g/mol. The Morgan fingerprint density at radius 3 is 1.94 bits per heavy atom. The van der Waals surface area contributed by atoms with Crippen molar-refractivity contribution in [1.82, 2.24) is 0 Å². The molecule has 0 saturated carbocycles. The molecule has 0 bridgehead atoms. The number of hydrogen-bond donors (Lipinski definition) is 1. The van der Waals surface area contributed by atoms with Gasteiger partial charge in [0.05, 0.1) is 0 Å². The molecule has 0 saturated heterocycles. The van der Waals surface area contributed by atoms with Crippen LogP contribution < -0.4 is 0 Å². The summed E-state index contributed by atoms with van der Waals surface area (Å²) in [6.07, 6.45) is 6.19. The summed E-state index contributed by atoms with van der Waals surface area (Å²) in [5.41, 5.74) is 21.5. The van der Waals surface area contributed by atoms with Gasteiger partial charge < -0.3 is 16.2 Å². The molecule has 0 rings (SSSR count). The fourth-order valence-electron chi connectivity index (χ4n) is 1.21. The minimum Gasteiger partial charge on any atom is -0.481 e. The van der Waals surface area contributed by atoms with Gasteiger partial charge in [-0.1, -0.05) is 30.8 Å². The summed E-state index contributed by atoms with van der Waals surface area (Å²) in [4.78, 5) is 14.3. The lowest BCUT2D eigenvalue weighted by atomic mass is 10.1. The van der Waals surface area contributed by atoms with Gasteiger partial charge in [0.25, 0.3) is 0 Å². The molecule has 0 fully saturated rings. The summed E-state index contributed by atoms with van der Waals surface area (Å²) in [7, 11) is 0. The number of carboxylic acid groups (broad SMARTS) is 1. The van der Waals surface area contributed by atoms with Crippen LogP contribution in [0.15, 0.2) is 5.11 Å². The van der Waals surface area contributed by atoms with Gasteiger partial charge in [-0.2, -0.15) is 0 Å². The van der Waals surface area contributed by atoms with E-state index in [4.69, 9.17) is 21.7 Å². The second-order valence-electron chi connectivity index (χ2n) is 3.31. The number of nitrogens with zero attached hydrogens (tertiary/aromatic N) is 6. The highest BCUT2D eigenvalue weighted by molar-refractivity contribution is 5.66. The van der Waals surface area contributed by atoms with E-state index in [2.05, 4.69) is 10.0 Å². The molecule has 0 spiro atoms. The molecule has 0 aromatic rings. The zero-order valence-corrected chi connectivity index (χ0v) is 9.70. The second-order valence-corrected chi connectivity index (χ2v) is 3.31. The number of hydrogen-bond acceptors (Lipinski definition) is 2. The lowest BCUT2D eigenvalue weighted by Gasteiger charge is -1.98. The van der Waals surface area contributed by atoms with Crippen LogP contribution in [0.4, 0.5) is 0 Å². The normalized spacial score (nSPS) is 8.24. The van der Waals surface area contributed by atoms with Crippen LogP contribution in [0.2, 0.25) is 0 Å². The van der Waals surface area contributed by atoms with E-state index in [0.29, 0.717) is 6.54 Å². The Morgan fingerprint density at radius 1 is 1.00 bits per heavy atom. The van der Waals surface area contributed by atoms with Gasteiger partial charge in [0, 0.05) is 17.9 Å². The maximum absolute atomic E-state index is 10.2. The van der Waals surface area contributed by atoms with Gasteiger partial charge in [-0.15, -0.1) is 0 Å². The van der Waals surface area contributed by atoms with E-state index >= 15 is 0 Å². The molecule has 0 aliphatic heterocycles. The van der Waals surface area contributed by atoms with Crippen molar-refractivity contribution in [2.45, 2.75) is 44.9 Å². The minimum absolute atomic E-state index is 0.277. The SMILES string of the molecule is [N-]=[N+]=NCCCCCCCCC(=O)O.[N-]=[N+]=[N-]. The number of carbonyl (C=O) groups is 1. The third-order valence-electron chi connectivity index (χ3n) is 1.96. The Labute approximate surface area is 99.7 Å². The first-order valence-corrected chi connectivity index (χ1v) is 5.40. The van der Waals surface area contributed by atoms with Gasteiger partial charge >= 0.3 is 5.97 Å². The van der Waals surface area contributed by atoms with E-state index in [-0.39, 0.29) is 6.42 Å². The molecule has 8 heteroatoms. The van der Waals surface area contributed by atoms with Crippen molar-refractivity contribution in [3.63, 3.8) is 0 Å². The molecule has 0 heterocycles. The van der Waals surface area contributed by atoms with Gasteiger partial charge in [-0.3, -0.25) is 9.71 Å². The van der Waals surface area contributed by atoms with Gasteiger partial charge in [0.15, 0.2) is 0 Å². The average molecular weight is 241 g/mol. The minimum atomic E-state index is -0.714. The topological polar surface area (TPSA) is 145 Å². The fourth-order valence-corrected chi connectivity index (χ4v) is 1.21. The third-order valence-corrected chi connectivity index (χ3v) is 1.96. The molecule has 0 amide bonds. The van der Waals surface area contributed by atoms with Gasteiger partial charge in [-0.05, 0) is 18.4 Å². The molecule has 0 aliphatic carbocycles. The van der Waals surface area contributed by atoms with E-state index in [0.717, 1.165) is 38.5 Å². The molecule has 0 radical (unpaired) electrons. The number of azide groups is 1. The highest BCUT2D eigenvalue weighted by atomic mass is 16.4. The first kappa shape index (κ1) is 17.5. The van der Waals surface area contributed by atoms with Crippen molar-refractivity contribution in [3.8, 4) is 0 Å². The molecule has 0 aromatic carbocycles. The predicted octanol–water partition coefficient (Wildman–Crippen LogP) is 3.98. The zero-order valence-electron chi connectivity index (χ0n) is 9.70. The summed E-state index contributed by atoms with van der Waals surface area (Å²) >= 11 is 0. The largest absolute Gasteiger partial charge is 0.481 e. The first-order valence-electron chi connectivity index (χ1n) is 5.40. The number of unbranched alkanes of at least 4 members (excludes halogenated alkanes) is 5. The van der Waals surface area contributed by atoms with Crippen LogP contribution >= 0.6 is 0 Å². The van der Waals surface area contributed by atoms with Crippen molar-refractivity contribution in [1.29, 1.82) is 0 Å². The summed E-state index contributed by atoms with van der Waals surface area (Å²) in [6.45, 7) is 0.575. The molecule has 0 atom stereocenters. The van der Waals surface area contributed by atoms with Crippen molar-refractivity contribution >= 4 is 5.97 Å². The molecule has 1 N–H and O–H groups in total. The molecule has 8 nitrogen and oxygen atoms in total. The van der Waals surface area contributed by atoms with Crippen LogP contribution in [0.3, 0.4) is 0 Å². The van der Waals surface area contributed by atoms with Crippen LogP contribution in [-0.2, 0) is 4.79 Å². The lowest BCUT2D eigenvalue weighted by molar-refractivity contribution is -0.137. The van der Waals surface area contributed by atoms with E-state index in [9.17, 15) is 4.79 Å². The average Bonchev–Trinajstić information content (AvgIpc) is 2.27. The lowest BCUT2D eigenvalue weighted by Crippen LogP contribution is -1.93. The molecule has 0 unspecified atom stereocenters. The van der Waals surface area contributed by atoms with E-state index in [1.165, 1.54) is 4.91 Å². The van der Waals surface area contributed by atoms with Gasteiger partial charge in [0.1, 0.15) is 0 Å². The standard InChI is InChI=1S/C9H17N3O2.N3/c10-12-11-8-6-4-2-1-3-5-7-9(13)14;1-3-2/h1-8H2,(H,13,14);/q;-1. The maximum Gasteiger partial charge on any atom is 0.303 e. The summed E-state index contributed by atoms with van der Waals surface area (Å²) < 4.78 is 0. The smallest absolute Gasteiger partial charge is 0.303 e. The highest BCUT2D eigenvalue weighted by Crippen LogP contribution is 2.07. The maximum atomic E-state index is 10.2. The predicted molar refractivity (Wildman–Crippen MR) is 64.0 cm³/mol. The Kier molecular flexibility index (Phi) is 17.0. The zero-order chi connectivity index (χ0) is 13.4. The Bertz CT molecular complexity index is 261. The Balaban J connectivity index is 0. The Hall–Kier alpha value is -1.91. The Morgan fingerprint density at radius 2 is 1.47 bits per heavy atom. The second kappa shape index (κ2) is 16.5.